The summed E-state index contributed by atoms with van der Waals surface area (Å²) in [6.07, 6.45) is 1.66. The van der Waals surface area contributed by atoms with Gasteiger partial charge in [0.2, 0.25) is 0 Å². The zero-order chi connectivity index (χ0) is 15.8. The molecule has 0 amide bonds. The summed E-state index contributed by atoms with van der Waals surface area (Å²) in [4.78, 5) is 4.77. The topological polar surface area (TPSA) is 66.1 Å². The van der Waals surface area contributed by atoms with E-state index in [4.69, 9.17) is 22.7 Å². The van der Waals surface area contributed by atoms with Crippen molar-refractivity contribution < 1.29 is 4.74 Å². The van der Waals surface area contributed by atoms with Crippen LogP contribution in [0.4, 0.5) is 0 Å². The number of hydrogen-bond donors (Lipinski definition) is 2. The number of piperazine rings is 1. The summed E-state index contributed by atoms with van der Waals surface area (Å²) in [6, 6.07) is 7.76. The zero-order valence-corrected chi connectivity index (χ0v) is 13.7. The largest absolute Gasteiger partial charge is 0.492 e. The fraction of sp³-hybridized carbons (Fsp3) is 0.467. The second-order valence-corrected chi connectivity index (χ2v) is 5.71. The van der Waals surface area contributed by atoms with Gasteiger partial charge in [-0.3, -0.25) is 10.3 Å². The van der Waals surface area contributed by atoms with Crippen LogP contribution >= 0.6 is 12.2 Å². The highest BCUT2D eigenvalue weighted by Gasteiger charge is 2.13. The average Bonchev–Trinajstić information content (AvgIpc) is 2.50. The second kappa shape index (κ2) is 8.67. The van der Waals surface area contributed by atoms with Crippen molar-refractivity contribution in [1.82, 2.24) is 15.2 Å². The molecular weight excluding hydrogens is 298 g/mol. The molecule has 0 bridgehead atoms. The maximum Gasteiger partial charge on any atom is 0.184 e. The first-order chi connectivity index (χ1) is 10.6. The third-order valence-electron chi connectivity index (χ3n) is 3.56. The van der Waals surface area contributed by atoms with Crippen LogP contribution in [-0.4, -0.2) is 67.5 Å². The summed E-state index contributed by atoms with van der Waals surface area (Å²) in [6.45, 7) is 6.03. The van der Waals surface area contributed by atoms with Crippen molar-refractivity contribution in [2.24, 2.45) is 10.8 Å². The predicted molar refractivity (Wildman–Crippen MR) is 93.4 cm³/mol. The quantitative estimate of drug-likeness (QED) is 0.451. The number of rotatable bonds is 6. The first kappa shape index (κ1) is 16.7. The number of benzene rings is 1. The van der Waals surface area contributed by atoms with E-state index in [-0.39, 0.29) is 5.11 Å². The highest BCUT2D eigenvalue weighted by molar-refractivity contribution is 7.80. The monoisotopic (exact) mass is 321 g/mol. The van der Waals surface area contributed by atoms with Crippen molar-refractivity contribution in [2.45, 2.75) is 0 Å². The summed E-state index contributed by atoms with van der Waals surface area (Å²) in [5.41, 5.74) is 8.77. The van der Waals surface area contributed by atoms with Gasteiger partial charge in [-0.15, -0.1) is 0 Å². The molecule has 1 aromatic rings. The number of thiocarbonyl (C=S) groups is 1. The van der Waals surface area contributed by atoms with Gasteiger partial charge in [0.15, 0.2) is 5.11 Å². The molecule has 2 rings (SSSR count). The lowest BCUT2D eigenvalue weighted by Crippen LogP contribution is -2.45. The van der Waals surface area contributed by atoms with Crippen LogP contribution in [0.1, 0.15) is 5.56 Å². The summed E-state index contributed by atoms with van der Waals surface area (Å²) in [7, 11) is 2.16. The van der Waals surface area contributed by atoms with Crippen molar-refractivity contribution in [3.63, 3.8) is 0 Å². The molecule has 3 N–H and O–H groups in total. The van der Waals surface area contributed by atoms with E-state index < -0.39 is 0 Å². The number of ether oxygens (including phenoxy) is 1. The molecule has 0 radical (unpaired) electrons. The molecule has 7 heteroatoms. The van der Waals surface area contributed by atoms with Gasteiger partial charge in [-0.25, -0.2) is 0 Å². The second-order valence-electron chi connectivity index (χ2n) is 5.27. The third kappa shape index (κ3) is 5.59. The maximum absolute atomic E-state index is 5.89. The molecule has 0 aliphatic carbocycles. The Kier molecular flexibility index (Phi) is 6.57. The Bertz CT molecular complexity index is 514. The van der Waals surface area contributed by atoms with Crippen molar-refractivity contribution in [1.29, 1.82) is 0 Å². The van der Waals surface area contributed by atoms with Crippen LogP contribution in [0.3, 0.4) is 0 Å². The Labute approximate surface area is 136 Å². The standard InChI is InChI=1S/C15H23N5OS/c1-19-6-8-20(9-7-19)10-11-21-14-5-3-2-4-13(14)12-17-18-15(16)22/h2-5,12H,6-11H2,1H3,(H3,16,18,22). The average molecular weight is 321 g/mol. The lowest BCUT2D eigenvalue weighted by molar-refractivity contribution is 0.133. The minimum absolute atomic E-state index is 0.143. The summed E-state index contributed by atoms with van der Waals surface area (Å²) in [5, 5.41) is 4.11. The Hall–Kier alpha value is -1.70. The van der Waals surface area contributed by atoms with E-state index >= 15 is 0 Å². The predicted octanol–water partition coefficient (Wildman–Crippen LogP) is 0.480. The molecule has 1 aromatic carbocycles. The summed E-state index contributed by atoms with van der Waals surface area (Å²) >= 11 is 4.71. The Morgan fingerprint density at radius 2 is 2.09 bits per heavy atom. The number of nitrogens with one attached hydrogen (secondary N) is 1. The molecule has 6 nitrogen and oxygen atoms in total. The third-order valence-corrected chi connectivity index (χ3v) is 3.65. The number of nitrogens with zero attached hydrogens (tertiary/aromatic N) is 3. The van der Waals surface area contributed by atoms with E-state index in [1.807, 2.05) is 24.3 Å². The van der Waals surface area contributed by atoms with Crippen LogP contribution in [-0.2, 0) is 0 Å². The van der Waals surface area contributed by atoms with E-state index in [9.17, 15) is 0 Å². The van der Waals surface area contributed by atoms with Crippen molar-refractivity contribution in [3.8, 4) is 5.75 Å². The van der Waals surface area contributed by atoms with Gasteiger partial charge < -0.3 is 15.4 Å². The molecular formula is C15H23N5OS. The normalized spacial score (nSPS) is 16.8. The SMILES string of the molecule is CN1CCN(CCOc2ccccc2C=NNC(N)=S)CC1. The number of hydrazone groups is 1. The van der Waals surface area contributed by atoms with E-state index in [0.717, 1.165) is 44.0 Å². The molecule has 1 saturated heterocycles. The molecule has 0 spiro atoms. The number of likely N-dealkylation sites (N-methyl/N-ethyl adjacent to an activating group) is 1. The fourth-order valence-corrected chi connectivity index (χ4v) is 2.29. The molecule has 22 heavy (non-hydrogen) atoms. The van der Waals surface area contributed by atoms with Gasteiger partial charge in [0.25, 0.3) is 0 Å². The van der Waals surface area contributed by atoms with E-state index in [1.54, 1.807) is 6.21 Å². The van der Waals surface area contributed by atoms with Gasteiger partial charge in [0.1, 0.15) is 12.4 Å². The molecule has 0 atom stereocenters. The minimum atomic E-state index is 0.143. The van der Waals surface area contributed by atoms with Crippen molar-refractivity contribution >= 4 is 23.5 Å². The Morgan fingerprint density at radius 1 is 1.36 bits per heavy atom. The van der Waals surface area contributed by atoms with Gasteiger partial charge in [0.05, 0.1) is 6.21 Å². The van der Waals surface area contributed by atoms with E-state index in [2.05, 4.69) is 27.4 Å². The van der Waals surface area contributed by atoms with Crippen LogP contribution in [0.25, 0.3) is 0 Å². The van der Waals surface area contributed by atoms with Crippen molar-refractivity contribution in [3.05, 3.63) is 29.8 Å². The number of para-hydroxylation sites is 1. The highest BCUT2D eigenvalue weighted by atomic mass is 32.1. The van der Waals surface area contributed by atoms with Gasteiger partial charge in [-0.2, -0.15) is 5.10 Å². The van der Waals surface area contributed by atoms with Crippen LogP contribution in [0.2, 0.25) is 0 Å². The molecule has 0 aromatic heterocycles. The Balaban J connectivity index is 1.82. The lowest BCUT2D eigenvalue weighted by Gasteiger charge is -2.32. The zero-order valence-electron chi connectivity index (χ0n) is 12.9. The van der Waals surface area contributed by atoms with E-state index in [1.165, 1.54) is 0 Å². The van der Waals surface area contributed by atoms with Crippen LogP contribution in [0.15, 0.2) is 29.4 Å². The number of hydrogen-bond acceptors (Lipinski definition) is 5. The Morgan fingerprint density at radius 3 is 2.82 bits per heavy atom. The lowest BCUT2D eigenvalue weighted by atomic mass is 10.2. The molecule has 120 valence electrons. The molecule has 1 fully saturated rings. The van der Waals surface area contributed by atoms with Crippen molar-refractivity contribution in [2.75, 3.05) is 46.4 Å². The van der Waals surface area contributed by atoms with Gasteiger partial charge in [-0.05, 0) is 31.4 Å². The summed E-state index contributed by atoms with van der Waals surface area (Å²) < 4.78 is 5.89. The molecule has 0 saturated carbocycles. The smallest absolute Gasteiger partial charge is 0.184 e. The minimum Gasteiger partial charge on any atom is -0.492 e. The maximum atomic E-state index is 5.89. The van der Waals surface area contributed by atoms with Gasteiger partial charge in [0, 0.05) is 38.3 Å². The molecule has 1 aliphatic heterocycles. The molecule has 0 unspecified atom stereocenters. The van der Waals surface area contributed by atoms with Gasteiger partial charge in [-0.1, -0.05) is 12.1 Å². The molecule has 1 aliphatic rings. The number of nitrogens with two attached hydrogens (primary N) is 1. The first-order valence-corrected chi connectivity index (χ1v) is 7.77. The van der Waals surface area contributed by atoms with E-state index in [0.29, 0.717) is 6.61 Å². The fourth-order valence-electron chi connectivity index (χ4n) is 2.24. The van der Waals surface area contributed by atoms with Crippen LogP contribution in [0.5, 0.6) is 5.75 Å². The molecule has 1 heterocycles. The van der Waals surface area contributed by atoms with Crippen LogP contribution in [0, 0.1) is 0 Å². The van der Waals surface area contributed by atoms with Gasteiger partial charge >= 0.3 is 0 Å². The van der Waals surface area contributed by atoms with Crippen LogP contribution < -0.4 is 15.9 Å². The first-order valence-electron chi connectivity index (χ1n) is 7.36. The summed E-state index contributed by atoms with van der Waals surface area (Å²) in [5.74, 6) is 0.810. The highest BCUT2D eigenvalue weighted by Crippen LogP contribution is 2.15.